The smallest absolute Gasteiger partial charge is 0.306 e. The number of rotatable bonds is 3. The van der Waals surface area contributed by atoms with Crippen molar-refractivity contribution >= 4 is 17.9 Å². The first-order valence-corrected chi connectivity index (χ1v) is 9.15. The molecule has 1 aliphatic carbocycles. The van der Waals surface area contributed by atoms with Gasteiger partial charge < -0.3 is 9.32 Å². The van der Waals surface area contributed by atoms with Crippen molar-refractivity contribution in [3.05, 3.63) is 48.5 Å². The third-order valence-corrected chi connectivity index (χ3v) is 5.20. The molecular weight excluding hydrogens is 340 g/mol. The number of nitrogens with zero attached hydrogens (tertiary/aromatic N) is 6. The molecule has 1 aliphatic heterocycles. The van der Waals surface area contributed by atoms with Gasteiger partial charge in [0.25, 0.3) is 0 Å². The second-order valence-electron chi connectivity index (χ2n) is 7.28. The molecule has 6 rings (SSSR count). The summed E-state index contributed by atoms with van der Waals surface area (Å²) in [4.78, 5) is 11.3. The predicted octanol–water partition coefficient (Wildman–Crippen LogP) is 3.90. The lowest BCUT2D eigenvalue weighted by Gasteiger charge is -2.20. The summed E-state index contributed by atoms with van der Waals surface area (Å²) in [5, 5.41) is 4.77. The van der Waals surface area contributed by atoms with Crippen molar-refractivity contribution in [2.45, 2.75) is 25.4 Å². The zero-order valence-electron chi connectivity index (χ0n) is 14.9. The SMILES string of the molecule is CN1C=Nc2ccc(-c3c(-c4ccn(C5CC5)n4)nc4occn34)cc2C1. The van der Waals surface area contributed by atoms with Crippen LogP contribution in [-0.2, 0) is 6.54 Å². The van der Waals surface area contributed by atoms with Crippen molar-refractivity contribution < 1.29 is 4.42 Å². The molecule has 3 aromatic heterocycles. The Bertz CT molecular complexity index is 1190. The van der Waals surface area contributed by atoms with Crippen molar-refractivity contribution in [2.24, 2.45) is 4.99 Å². The monoisotopic (exact) mass is 358 g/mol. The summed E-state index contributed by atoms with van der Waals surface area (Å²) < 4.78 is 9.61. The minimum Gasteiger partial charge on any atom is -0.432 e. The van der Waals surface area contributed by atoms with Gasteiger partial charge in [0.1, 0.15) is 17.7 Å². The summed E-state index contributed by atoms with van der Waals surface area (Å²) in [6, 6.07) is 8.95. The second-order valence-corrected chi connectivity index (χ2v) is 7.28. The van der Waals surface area contributed by atoms with Crippen LogP contribution in [0.5, 0.6) is 0 Å². The molecule has 0 atom stereocenters. The highest BCUT2D eigenvalue weighted by molar-refractivity contribution is 5.81. The Morgan fingerprint density at radius 3 is 2.96 bits per heavy atom. The van der Waals surface area contributed by atoms with Gasteiger partial charge in [0.15, 0.2) is 0 Å². The summed E-state index contributed by atoms with van der Waals surface area (Å²) in [6.45, 7) is 0.839. The zero-order chi connectivity index (χ0) is 18.0. The highest BCUT2D eigenvalue weighted by Crippen LogP contribution is 2.38. The van der Waals surface area contributed by atoms with Crippen LogP contribution in [0, 0.1) is 0 Å². The molecule has 134 valence electrons. The van der Waals surface area contributed by atoms with E-state index in [1.807, 2.05) is 30.1 Å². The average molecular weight is 358 g/mol. The molecule has 0 N–H and O–H groups in total. The molecule has 27 heavy (non-hydrogen) atoms. The summed E-state index contributed by atoms with van der Waals surface area (Å²) in [5.74, 6) is 0.578. The van der Waals surface area contributed by atoms with Crippen molar-refractivity contribution in [1.29, 1.82) is 0 Å². The van der Waals surface area contributed by atoms with Crippen LogP contribution in [0.25, 0.3) is 28.5 Å². The minimum atomic E-state index is 0.546. The fraction of sp³-hybridized carbons (Fsp3) is 0.250. The maximum atomic E-state index is 5.56. The quantitative estimate of drug-likeness (QED) is 0.557. The Balaban J connectivity index is 1.53. The molecule has 4 aromatic rings. The van der Waals surface area contributed by atoms with Crippen molar-refractivity contribution in [3.63, 3.8) is 0 Å². The van der Waals surface area contributed by atoms with Gasteiger partial charge in [0, 0.05) is 31.5 Å². The molecule has 0 amide bonds. The third kappa shape index (κ3) is 2.31. The van der Waals surface area contributed by atoms with E-state index in [0.717, 1.165) is 34.9 Å². The van der Waals surface area contributed by atoms with E-state index < -0.39 is 0 Å². The van der Waals surface area contributed by atoms with E-state index in [1.165, 1.54) is 18.4 Å². The number of imidazole rings is 1. The number of benzene rings is 1. The predicted molar refractivity (Wildman–Crippen MR) is 102 cm³/mol. The number of aromatic nitrogens is 4. The van der Waals surface area contributed by atoms with Gasteiger partial charge in [-0.2, -0.15) is 10.1 Å². The summed E-state index contributed by atoms with van der Waals surface area (Å²) in [5.41, 5.74) is 6.03. The molecule has 7 nitrogen and oxygen atoms in total. The first-order chi connectivity index (χ1) is 13.3. The Morgan fingerprint density at radius 2 is 2.07 bits per heavy atom. The molecule has 1 saturated carbocycles. The number of hydrogen-bond acceptors (Lipinski definition) is 5. The van der Waals surface area contributed by atoms with E-state index in [2.05, 4.69) is 39.0 Å². The van der Waals surface area contributed by atoms with E-state index >= 15 is 0 Å². The van der Waals surface area contributed by atoms with Crippen LogP contribution in [0.15, 0.2) is 52.3 Å². The Hall–Kier alpha value is -3.35. The standard InChI is InChI=1S/C20H18N6O/c1-24-11-14-10-13(2-5-16(14)21-12-24)19-18(22-20-25(19)8-9-27-20)17-6-7-26(23-17)15-3-4-15/h2,5-10,12,15H,3-4,11H2,1H3. The number of fused-ring (bicyclic) bond motifs is 2. The first kappa shape index (κ1) is 14.8. The molecule has 0 bridgehead atoms. The van der Waals surface area contributed by atoms with Crippen LogP contribution in [0.1, 0.15) is 24.4 Å². The van der Waals surface area contributed by atoms with Gasteiger partial charge in [-0.25, -0.2) is 4.99 Å². The lowest BCUT2D eigenvalue weighted by Crippen LogP contribution is -2.18. The van der Waals surface area contributed by atoms with Crippen molar-refractivity contribution in [2.75, 3.05) is 7.05 Å². The number of hydrogen-bond donors (Lipinski definition) is 0. The summed E-state index contributed by atoms with van der Waals surface area (Å²) >= 11 is 0. The van der Waals surface area contributed by atoms with Crippen molar-refractivity contribution in [3.8, 4) is 22.6 Å². The van der Waals surface area contributed by atoms with E-state index in [0.29, 0.717) is 11.9 Å². The maximum Gasteiger partial charge on any atom is 0.306 e. The van der Waals surface area contributed by atoms with E-state index in [-0.39, 0.29) is 0 Å². The number of aliphatic imine (C=N–C) groups is 1. The lowest BCUT2D eigenvalue weighted by atomic mass is 10.0. The fourth-order valence-corrected chi connectivity index (χ4v) is 3.70. The normalized spacial score (nSPS) is 16.3. The molecule has 1 aromatic carbocycles. The van der Waals surface area contributed by atoms with E-state index in [9.17, 15) is 0 Å². The third-order valence-electron chi connectivity index (χ3n) is 5.20. The minimum absolute atomic E-state index is 0.546. The van der Waals surface area contributed by atoms with E-state index in [4.69, 9.17) is 14.5 Å². The maximum absolute atomic E-state index is 5.56. The lowest BCUT2D eigenvalue weighted by molar-refractivity contribution is 0.509. The fourth-order valence-electron chi connectivity index (χ4n) is 3.70. The van der Waals surface area contributed by atoms with Crippen LogP contribution in [0.4, 0.5) is 5.69 Å². The van der Waals surface area contributed by atoms with Gasteiger partial charge in [-0.1, -0.05) is 6.07 Å². The van der Waals surface area contributed by atoms with Gasteiger partial charge in [-0.15, -0.1) is 0 Å². The molecule has 0 unspecified atom stereocenters. The second kappa shape index (κ2) is 5.33. The van der Waals surface area contributed by atoms with Gasteiger partial charge in [-0.3, -0.25) is 9.08 Å². The van der Waals surface area contributed by atoms with Gasteiger partial charge in [0.05, 0.1) is 23.8 Å². The van der Waals surface area contributed by atoms with Gasteiger partial charge in [0.2, 0.25) is 0 Å². The largest absolute Gasteiger partial charge is 0.432 e. The average Bonchev–Trinajstić information content (AvgIpc) is 3.08. The summed E-state index contributed by atoms with van der Waals surface area (Å²) in [7, 11) is 2.03. The Morgan fingerprint density at radius 1 is 1.15 bits per heavy atom. The van der Waals surface area contributed by atoms with Crippen LogP contribution in [0.3, 0.4) is 0 Å². The van der Waals surface area contributed by atoms with Crippen molar-refractivity contribution in [1.82, 2.24) is 24.1 Å². The van der Waals surface area contributed by atoms with Crippen LogP contribution in [-0.4, -0.2) is 37.5 Å². The Labute approximate surface area is 155 Å². The molecular formula is C20H18N6O. The topological polar surface area (TPSA) is 63.9 Å². The highest BCUT2D eigenvalue weighted by Gasteiger charge is 2.26. The molecule has 0 spiro atoms. The molecule has 0 saturated heterocycles. The number of oxazole rings is 1. The van der Waals surface area contributed by atoms with Gasteiger partial charge >= 0.3 is 5.84 Å². The van der Waals surface area contributed by atoms with Crippen LogP contribution in [0.2, 0.25) is 0 Å². The zero-order valence-corrected chi connectivity index (χ0v) is 14.9. The molecule has 7 heteroatoms. The van der Waals surface area contributed by atoms with Crippen LogP contribution >= 0.6 is 0 Å². The van der Waals surface area contributed by atoms with Gasteiger partial charge in [-0.05, 0) is 36.6 Å². The van der Waals surface area contributed by atoms with E-state index in [1.54, 1.807) is 6.26 Å². The molecule has 4 heterocycles. The summed E-state index contributed by atoms with van der Waals surface area (Å²) in [6.07, 6.45) is 9.90. The first-order valence-electron chi connectivity index (χ1n) is 9.15. The Kier molecular flexibility index (Phi) is 2.92. The molecule has 0 radical (unpaired) electrons. The molecule has 1 fully saturated rings. The van der Waals surface area contributed by atoms with Crippen LogP contribution < -0.4 is 0 Å². The highest BCUT2D eigenvalue weighted by atomic mass is 16.3. The molecule has 2 aliphatic rings.